The second kappa shape index (κ2) is 10.5. The van der Waals surface area contributed by atoms with Crippen LogP contribution in [0.25, 0.3) is 0 Å². The topological polar surface area (TPSA) is 17.1 Å². The van der Waals surface area contributed by atoms with Gasteiger partial charge >= 0.3 is 228 Å². The number of hydrogen-bond acceptors (Lipinski definition) is 1. The normalized spacial score (nSPS) is 14.8. The Morgan fingerprint density at radius 1 is 0.457 bits per heavy atom. The molecule has 0 aliphatic rings. The SMILES string of the molecule is C[Si](C)(C)C(c1cc(C([Si](C)(C)C)[Si](C)(C)C)c(B=O)c(C([Si](C)(C)C)[Si](C)(C)C)c1)[Si](C)(C)C. The van der Waals surface area contributed by atoms with Crippen LogP contribution in [0.5, 0.6) is 0 Å². The summed E-state index contributed by atoms with van der Waals surface area (Å²) in [6.45, 7) is 45.9. The third-order valence-corrected chi connectivity index (χ3v) is 35.4. The second-order valence-corrected chi connectivity index (χ2v) is 51.3. The molecule has 0 unspecified atom stereocenters. The molecule has 0 heterocycles. The van der Waals surface area contributed by atoms with Gasteiger partial charge in [0.2, 0.25) is 0 Å². The summed E-state index contributed by atoms with van der Waals surface area (Å²) in [6.07, 6.45) is 0. The van der Waals surface area contributed by atoms with Crippen molar-refractivity contribution in [2.24, 2.45) is 0 Å². The fraction of sp³-hybridized carbons (Fsp3) is 0.778. The van der Waals surface area contributed by atoms with E-state index in [9.17, 15) is 4.70 Å². The second-order valence-electron chi connectivity index (χ2n) is 17.7. The molecule has 0 radical (unpaired) electrons. The van der Waals surface area contributed by atoms with Gasteiger partial charge in [-0.05, 0) is 0 Å². The zero-order valence-corrected chi connectivity index (χ0v) is 32.9. The fourth-order valence-electron chi connectivity index (χ4n) is 8.27. The van der Waals surface area contributed by atoms with Gasteiger partial charge in [0, 0.05) is 0 Å². The summed E-state index contributed by atoms with van der Waals surface area (Å²) in [5.41, 5.74) is 5.60. The van der Waals surface area contributed by atoms with Gasteiger partial charge in [-0.2, -0.15) is 0 Å². The summed E-state index contributed by atoms with van der Waals surface area (Å²) in [5.74, 6) is 0. The maximum absolute atomic E-state index is 13.1. The van der Waals surface area contributed by atoms with E-state index in [1.54, 1.807) is 5.56 Å². The molecule has 0 spiro atoms. The molecule has 35 heavy (non-hydrogen) atoms. The molecule has 8 heteroatoms. The van der Waals surface area contributed by atoms with Gasteiger partial charge in [0.1, 0.15) is 0 Å². The van der Waals surface area contributed by atoms with Gasteiger partial charge in [-0.3, -0.25) is 0 Å². The van der Waals surface area contributed by atoms with E-state index in [1.807, 2.05) is 0 Å². The van der Waals surface area contributed by atoms with Gasteiger partial charge in [0.15, 0.2) is 0 Å². The maximum atomic E-state index is 13.1. The van der Waals surface area contributed by atoms with Crippen molar-refractivity contribution in [3.05, 3.63) is 28.8 Å². The van der Waals surface area contributed by atoms with Crippen LogP contribution in [-0.4, -0.2) is 55.6 Å². The molecule has 0 N–H and O–H groups in total. The van der Waals surface area contributed by atoms with Crippen LogP contribution in [-0.2, 0) is 4.70 Å². The van der Waals surface area contributed by atoms with E-state index in [4.69, 9.17) is 0 Å². The Kier molecular flexibility index (Phi) is 10.0. The van der Waals surface area contributed by atoms with Crippen molar-refractivity contribution in [3.8, 4) is 0 Å². The average Bonchev–Trinajstić information content (AvgIpc) is 2.45. The zero-order valence-electron chi connectivity index (χ0n) is 26.9. The predicted molar refractivity (Wildman–Crippen MR) is 181 cm³/mol. The average molecular weight is 579 g/mol. The van der Waals surface area contributed by atoms with Gasteiger partial charge in [-0.15, -0.1) is 0 Å². The van der Waals surface area contributed by atoms with Crippen LogP contribution in [0.15, 0.2) is 12.1 Å². The Hall–Kier alpha value is 0.386. The molecule has 1 rings (SSSR count). The van der Waals surface area contributed by atoms with Gasteiger partial charge in [0.25, 0.3) is 0 Å². The number of benzene rings is 1. The molecule has 200 valence electrons. The molecule has 0 fully saturated rings. The molecule has 0 bridgehead atoms. The monoisotopic (exact) mass is 578 g/mol. The van der Waals surface area contributed by atoms with E-state index < -0.39 is 48.4 Å². The van der Waals surface area contributed by atoms with Crippen molar-refractivity contribution in [2.45, 2.75) is 133 Å². The van der Waals surface area contributed by atoms with Crippen LogP contribution >= 0.6 is 0 Å². The molecule has 0 aromatic heterocycles. The van der Waals surface area contributed by atoms with E-state index >= 15 is 0 Å². The quantitative estimate of drug-likeness (QED) is 0.253. The molecule has 0 atom stereocenters. The molecule has 1 aromatic carbocycles. The summed E-state index contributed by atoms with van der Waals surface area (Å²) < 4.78 is 13.1. The van der Waals surface area contributed by atoms with Crippen molar-refractivity contribution in [1.29, 1.82) is 0 Å². The first-order valence-electron chi connectivity index (χ1n) is 13.8. The molecular formula is C27H59BOSi6. The summed E-state index contributed by atoms with van der Waals surface area (Å²) in [7, 11) is -7.90. The van der Waals surface area contributed by atoms with Gasteiger partial charge in [0.05, 0.1) is 0 Å². The van der Waals surface area contributed by atoms with Crippen molar-refractivity contribution >= 4 is 61.1 Å². The molecular weight excluding hydrogens is 520 g/mol. The molecule has 0 aliphatic heterocycles. The third-order valence-electron chi connectivity index (χ3n) is 7.54. The van der Waals surface area contributed by atoms with Crippen molar-refractivity contribution < 1.29 is 4.70 Å². The van der Waals surface area contributed by atoms with Crippen LogP contribution in [0.4, 0.5) is 0 Å². The first-order chi connectivity index (χ1) is 15.1. The first-order valence-corrected chi connectivity index (χ1v) is 35.2. The standard InChI is InChI=1S/C27H59BOSi6/c1-30(2,3)25(31(4,5)6)21-19-22(26(32(7,8)9)33(10,11)12)24(28-29)23(20-21)27(34(13,14)15)35(16,17)18/h19-20,25-27H,1-18H3. The molecule has 1 aromatic rings. The molecule has 0 aliphatic carbocycles. The Labute approximate surface area is 227 Å². The Morgan fingerprint density at radius 3 is 0.857 bits per heavy atom. The number of rotatable bonds is 10. The van der Waals surface area contributed by atoms with Crippen LogP contribution < -0.4 is 5.46 Å². The minimum atomic E-state index is -1.56. The Morgan fingerprint density at radius 2 is 0.686 bits per heavy atom. The van der Waals surface area contributed by atoms with Crippen molar-refractivity contribution in [2.75, 3.05) is 0 Å². The molecule has 0 saturated carbocycles. The van der Waals surface area contributed by atoms with E-state index in [0.29, 0.717) is 15.5 Å². The van der Waals surface area contributed by atoms with E-state index in [1.165, 1.54) is 18.3 Å². The van der Waals surface area contributed by atoms with Gasteiger partial charge < -0.3 is 0 Å². The van der Waals surface area contributed by atoms with E-state index in [0.717, 1.165) is 5.46 Å². The summed E-state index contributed by atoms with van der Waals surface area (Å²) >= 11 is 0. The van der Waals surface area contributed by atoms with Gasteiger partial charge in [-0.1, -0.05) is 0 Å². The van der Waals surface area contributed by atoms with Crippen LogP contribution in [0.2, 0.25) is 118 Å². The molecule has 1 nitrogen and oxygen atoms in total. The fourth-order valence-corrected chi connectivity index (χ4v) is 46.5. The predicted octanol–water partition coefficient (Wildman–Crippen LogP) is 8.88. The number of hydrogen-bond donors (Lipinski definition) is 0. The van der Waals surface area contributed by atoms with E-state index in [-0.39, 0.29) is 0 Å². The minimum absolute atomic E-state index is 0.585. The van der Waals surface area contributed by atoms with Crippen LogP contribution in [0, 0.1) is 0 Å². The van der Waals surface area contributed by atoms with Crippen molar-refractivity contribution in [3.63, 3.8) is 0 Å². The summed E-state index contributed by atoms with van der Waals surface area (Å²) in [5, 5.41) is 1.87. The van der Waals surface area contributed by atoms with Gasteiger partial charge in [-0.25, -0.2) is 0 Å². The zero-order chi connectivity index (χ0) is 28.2. The summed E-state index contributed by atoms with van der Waals surface area (Å²) in [4.78, 5) is 0. The molecule has 0 amide bonds. The van der Waals surface area contributed by atoms with Crippen LogP contribution in [0.3, 0.4) is 0 Å². The van der Waals surface area contributed by atoms with E-state index in [2.05, 4.69) is 130 Å². The van der Waals surface area contributed by atoms with Crippen LogP contribution in [0.1, 0.15) is 32.2 Å². The third kappa shape index (κ3) is 8.18. The van der Waals surface area contributed by atoms with Crippen molar-refractivity contribution in [1.82, 2.24) is 0 Å². The Bertz CT molecular complexity index is 808. The first kappa shape index (κ1) is 33.4. The summed E-state index contributed by atoms with van der Waals surface area (Å²) in [6, 6.07) is 5.20. The Balaban J connectivity index is 4.43. The molecule has 0 saturated heterocycles.